The average molecular weight is 307 g/mol. The Morgan fingerprint density at radius 1 is 1.40 bits per heavy atom. The summed E-state index contributed by atoms with van der Waals surface area (Å²) in [7, 11) is 1.66. The third kappa shape index (κ3) is 3.62. The molecule has 2 rings (SSSR count). The molecule has 3 nitrogen and oxygen atoms in total. The topological polar surface area (TPSA) is 38.3 Å². The van der Waals surface area contributed by atoms with E-state index in [1.54, 1.807) is 30.2 Å². The Morgan fingerprint density at radius 2 is 2.20 bits per heavy atom. The van der Waals surface area contributed by atoms with Gasteiger partial charge in [0.2, 0.25) is 0 Å². The molecule has 1 unspecified atom stereocenters. The third-order valence-electron chi connectivity index (χ3n) is 3.00. The Labute approximate surface area is 127 Å². The molecule has 0 aliphatic carbocycles. The zero-order valence-corrected chi connectivity index (χ0v) is 13.1. The van der Waals surface area contributed by atoms with Gasteiger partial charge in [-0.3, -0.25) is 4.79 Å². The van der Waals surface area contributed by atoms with Crippen molar-refractivity contribution in [3.8, 4) is 0 Å². The summed E-state index contributed by atoms with van der Waals surface area (Å²) in [6.45, 7) is 0.467. The average Bonchev–Trinajstić information content (AvgIpc) is 3.02. The van der Waals surface area contributed by atoms with E-state index < -0.39 is 0 Å². The van der Waals surface area contributed by atoms with Crippen LogP contribution in [0.25, 0.3) is 0 Å². The normalized spacial score (nSPS) is 12.1. The maximum atomic E-state index is 12.2. The molecule has 5 heteroatoms. The van der Waals surface area contributed by atoms with Gasteiger partial charge in [-0.05, 0) is 40.8 Å². The molecule has 0 saturated heterocycles. The summed E-state index contributed by atoms with van der Waals surface area (Å²) < 4.78 is 5.42. The van der Waals surface area contributed by atoms with Gasteiger partial charge in [0.05, 0.1) is 5.56 Å². The summed E-state index contributed by atoms with van der Waals surface area (Å²) in [6, 6.07) is 9.62. The minimum absolute atomic E-state index is 0.0628. The molecule has 1 heterocycles. The fraction of sp³-hybridized carbons (Fsp3) is 0.267. The van der Waals surface area contributed by atoms with E-state index in [4.69, 9.17) is 4.74 Å². The van der Waals surface area contributed by atoms with Crippen molar-refractivity contribution in [2.45, 2.75) is 11.0 Å². The fourth-order valence-corrected chi connectivity index (χ4v) is 3.21. The first-order chi connectivity index (χ1) is 9.76. The zero-order chi connectivity index (χ0) is 14.4. The molecule has 1 amide bonds. The van der Waals surface area contributed by atoms with Crippen LogP contribution in [0.4, 0.5) is 0 Å². The van der Waals surface area contributed by atoms with Gasteiger partial charge < -0.3 is 10.1 Å². The minimum atomic E-state index is -0.105. The van der Waals surface area contributed by atoms with Crippen LogP contribution in [-0.4, -0.2) is 25.8 Å². The van der Waals surface area contributed by atoms with Crippen LogP contribution in [0.5, 0.6) is 0 Å². The van der Waals surface area contributed by atoms with Crippen LogP contribution in [0, 0.1) is 0 Å². The Bertz CT molecular complexity index is 555. The summed E-state index contributed by atoms with van der Waals surface area (Å²) in [5.74, 6) is -0.0628. The van der Waals surface area contributed by atoms with Gasteiger partial charge in [-0.25, -0.2) is 0 Å². The highest BCUT2D eigenvalue weighted by molar-refractivity contribution is 7.98. The molecule has 0 aliphatic rings. The second-order valence-corrected chi connectivity index (χ2v) is 5.82. The van der Waals surface area contributed by atoms with Crippen LogP contribution in [-0.2, 0) is 4.74 Å². The highest BCUT2D eigenvalue weighted by Gasteiger charge is 2.15. The number of methoxy groups -OCH3 is 1. The van der Waals surface area contributed by atoms with Gasteiger partial charge in [-0.1, -0.05) is 12.1 Å². The lowest BCUT2D eigenvalue weighted by Gasteiger charge is -2.15. The van der Waals surface area contributed by atoms with Crippen LogP contribution in [0.3, 0.4) is 0 Å². The molecule has 1 aromatic heterocycles. The molecule has 0 saturated carbocycles. The number of thioether (sulfide) groups is 1. The molecule has 0 fully saturated rings. The van der Waals surface area contributed by atoms with E-state index in [0.29, 0.717) is 12.1 Å². The second kappa shape index (κ2) is 7.47. The molecule has 0 bridgehead atoms. The number of nitrogens with one attached hydrogen (secondary N) is 1. The predicted molar refractivity (Wildman–Crippen MR) is 84.6 cm³/mol. The van der Waals surface area contributed by atoms with E-state index in [9.17, 15) is 4.79 Å². The van der Waals surface area contributed by atoms with E-state index >= 15 is 0 Å². The van der Waals surface area contributed by atoms with E-state index in [1.807, 2.05) is 47.3 Å². The van der Waals surface area contributed by atoms with E-state index in [1.165, 1.54) is 0 Å². The monoisotopic (exact) mass is 307 g/mol. The first kappa shape index (κ1) is 15.1. The van der Waals surface area contributed by atoms with Crippen molar-refractivity contribution in [2.24, 2.45) is 0 Å². The van der Waals surface area contributed by atoms with Gasteiger partial charge in [0.15, 0.2) is 0 Å². The molecular formula is C15H17NO2S2. The van der Waals surface area contributed by atoms with Crippen LogP contribution < -0.4 is 5.32 Å². The minimum Gasteiger partial charge on any atom is -0.375 e. The molecule has 1 aromatic carbocycles. The maximum Gasteiger partial charge on any atom is 0.252 e. The largest absolute Gasteiger partial charge is 0.375 e. The van der Waals surface area contributed by atoms with Crippen molar-refractivity contribution >= 4 is 29.0 Å². The maximum absolute atomic E-state index is 12.2. The Balaban J connectivity index is 2.01. The summed E-state index contributed by atoms with van der Waals surface area (Å²) in [5, 5.41) is 6.98. The van der Waals surface area contributed by atoms with Crippen molar-refractivity contribution in [1.29, 1.82) is 0 Å². The lowest BCUT2D eigenvalue weighted by Crippen LogP contribution is -2.29. The molecule has 0 aliphatic heterocycles. The predicted octanol–water partition coefficient (Wildman–Crippen LogP) is 3.59. The number of benzene rings is 1. The van der Waals surface area contributed by atoms with Crippen molar-refractivity contribution in [3.63, 3.8) is 0 Å². The first-order valence-electron chi connectivity index (χ1n) is 6.22. The smallest absolute Gasteiger partial charge is 0.252 e. The molecule has 1 N–H and O–H groups in total. The standard InChI is InChI=1S/C15H17NO2S2/c1-18-13(11-7-8-20-10-11)9-16-15(17)12-5-3-4-6-14(12)19-2/h3-8,10,13H,9H2,1-2H3,(H,16,17). The Kier molecular flexibility index (Phi) is 5.64. The quantitative estimate of drug-likeness (QED) is 0.829. The number of hydrogen-bond donors (Lipinski definition) is 1. The van der Waals surface area contributed by atoms with Gasteiger partial charge in [-0.2, -0.15) is 11.3 Å². The van der Waals surface area contributed by atoms with E-state index in [2.05, 4.69) is 5.32 Å². The zero-order valence-electron chi connectivity index (χ0n) is 11.5. The van der Waals surface area contributed by atoms with Crippen LogP contribution >= 0.6 is 23.1 Å². The molecular weight excluding hydrogens is 290 g/mol. The number of hydrogen-bond acceptors (Lipinski definition) is 4. The molecule has 20 heavy (non-hydrogen) atoms. The lowest BCUT2D eigenvalue weighted by molar-refractivity contribution is 0.0827. The molecule has 2 aromatic rings. The van der Waals surface area contributed by atoms with Crippen LogP contribution in [0.15, 0.2) is 46.0 Å². The van der Waals surface area contributed by atoms with Crippen molar-refractivity contribution in [3.05, 3.63) is 52.2 Å². The lowest BCUT2D eigenvalue weighted by atomic mass is 10.1. The van der Waals surface area contributed by atoms with E-state index in [0.717, 1.165) is 10.5 Å². The summed E-state index contributed by atoms with van der Waals surface area (Å²) >= 11 is 3.20. The Morgan fingerprint density at radius 3 is 2.85 bits per heavy atom. The number of thiophene rings is 1. The number of carbonyl (C=O) groups is 1. The summed E-state index contributed by atoms with van der Waals surface area (Å²) in [4.78, 5) is 13.2. The number of amides is 1. The Hall–Kier alpha value is -1.30. The SMILES string of the molecule is COC(CNC(=O)c1ccccc1SC)c1ccsc1. The van der Waals surface area contributed by atoms with Gasteiger partial charge in [-0.15, -0.1) is 11.8 Å². The summed E-state index contributed by atoms with van der Waals surface area (Å²) in [5.41, 5.74) is 1.80. The van der Waals surface area contributed by atoms with Crippen molar-refractivity contribution in [1.82, 2.24) is 5.32 Å². The van der Waals surface area contributed by atoms with E-state index in [-0.39, 0.29) is 12.0 Å². The van der Waals surface area contributed by atoms with Gasteiger partial charge >= 0.3 is 0 Å². The van der Waals surface area contributed by atoms with Gasteiger partial charge in [0.1, 0.15) is 6.10 Å². The molecule has 106 valence electrons. The van der Waals surface area contributed by atoms with Crippen LogP contribution in [0.1, 0.15) is 22.0 Å². The van der Waals surface area contributed by atoms with Crippen molar-refractivity contribution < 1.29 is 9.53 Å². The third-order valence-corrected chi connectivity index (χ3v) is 4.50. The number of ether oxygens (including phenoxy) is 1. The summed E-state index contributed by atoms with van der Waals surface area (Å²) in [6.07, 6.45) is 1.86. The van der Waals surface area contributed by atoms with Gasteiger partial charge in [0.25, 0.3) is 5.91 Å². The molecule has 0 spiro atoms. The molecule has 0 radical (unpaired) electrons. The highest BCUT2D eigenvalue weighted by Crippen LogP contribution is 2.21. The molecule has 1 atom stereocenters. The number of carbonyl (C=O) groups excluding carboxylic acids is 1. The van der Waals surface area contributed by atoms with Crippen LogP contribution in [0.2, 0.25) is 0 Å². The highest BCUT2D eigenvalue weighted by atomic mass is 32.2. The fourth-order valence-electron chi connectivity index (χ4n) is 1.91. The van der Waals surface area contributed by atoms with Crippen molar-refractivity contribution in [2.75, 3.05) is 19.9 Å². The second-order valence-electron chi connectivity index (χ2n) is 4.19. The first-order valence-corrected chi connectivity index (χ1v) is 8.39. The van der Waals surface area contributed by atoms with Gasteiger partial charge in [0, 0.05) is 18.6 Å². The number of rotatable bonds is 6.